The van der Waals surface area contributed by atoms with Crippen molar-refractivity contribution in [3.63, 3.8) is 0 Å². The summed E-state index contributed by atoms with van der Waals surface area (Å²) < 4.78 is 5.13. The number of hydrogen-bond acceptors (Lipinski definition) is 6. The van der Waals surface area contributed by atoms with Gasteiger partial charge in [-0.25, -0.2) is 0 Å². The number of ether oxygens (including phenoxy) is 1. The van der Waals surface area contributed by atoms with Gasteiger partial charge in [0.15, 0.2) is 0 Å². The van der Waals surface area contributed by atoms with E-state index in [4.69, 9.17) is 9.84 Å². The van der Waals surface area contributed by atoms with Gasteiger partial charge in [-0.1, -0.05) is 0 Å². The predicted molar refractivity (Wildman–Crippen MR) is 47.3 cm³/mol. The van der Waals surface area contributed by atoms with Crippen molar-refractivity contribution in [2.75, 3.05) is 12.9 Å². The molecule has 5 atom stereocenters. The molecule has 10 heteroatoms. The molecule has 0 aliphatic carbocycles. The van der Waals surface area contributed by atoms with Gasteiger partial charge in [-0.15, -0.1) is 11.8 Å². The van der Waals surface area contributed by atoms with Crippen molar-refractivity contribution in [2.24, 2.45) is 0 Å². The second-order valence-electron chi connectivity index (χ2n) is 2.93. The second kappa shape index (κ2) is 13.9. The van der Waals surface area contributed by atoms with Crippen LogP contribution in [0.15, 0.2) is 0 Å². The second-order valence-corrected chi connectivity index (χ2v) is 3.87. The van der Waals surface area contributed by atoms with Gasteiger partial charge in [-0.2, -0.15) is 0 Å². The molecule has 4 N–H and O–H groups in total. The van der Waals surface area contributed by atoms with Crippen LogP contribution in [0.3, 0.4) is 0 Å². The zero-order chi connectivity index (χ0) is 10.0. The van der Waals surface area contributed by atoms with Crippen LogP contribution >= 0.6 is 11.8 Å². The van der Waals surface area contributed by atoms with Crippen LogP contribution in [-0.2, 0) is 89.0 Å². The van der Waals surface area contributed by atoms with E-state index >= 15 is 0 Å². The van der Waals surface area contributed by atoms with E-state index in [2.05, 4.69) is 0 Å². The summed E-state index contributed by atoms with van der Waals surface area (Å²) in [6, 6.07) is 0. The van der Waals surface area contributed by atoms with E-state index < -0.39 is 29.9 Å². The fourth-order valence-electron chi connectivity index (χ4n) is 1.26. The molecule has 0 radical (unpaired) electrons. The molecule has 0 aromatic rings. The van der Waals surface area contributed by atoms with Gasteiger partial charge in [0.05, 0.1) is 6.61 Å². The maximum atomic E-state index is 9.38. The summed E-state index contributed by atoms with van der Waals surface area (Å²) in [5.41, 5.74) is -0.601. The smallest absolute Gasteiger partial charge is 0.132 e. The number of aliphatic hydroxyl groups excluding tert-OH is 4. The third kappa shape index (κ3) is 7.46. The van der Waals surface area contributed by atoms with E-state index in [9.17, 15) is 15.3 Å². The average Bonchev–Trinajstić information content (AvgIpc) is 2.15. The largest absolute Gasteiger partial charge is 0.394 e. The molecule has 102 valence electrons. The first kappa shape index (κ1) is 28.1. The summed E-state index contributed by atoms with van der Waals surface area (Å²) in [6.07, 6.45) is -2.72. The van der Waals surface area contributed by atoms with Crippen molar-refractivity contribution in [3.05, 3.63) is 0 Å². The van der Waals surface area contributed by atoms with Crippen LogP contribution in [0.4, 0.5) is 0 Å². The van der Waals surface area contributed by atoms with Gasteiger partial charge in [-0.3, -0.25) is 0 Å². The molecule has 5 unspecified atom stereocenters. The molecule has 0 spiro atoms. The first-order valence-electron chi connectivity index (χ1n) is 3.95. The van der Waals surface area contributed by atoms with Crippen molar-refractivity contribution in [1.29, 1.82) is 0 Å². The Bertz CT molecular complexity index is 160. The Morgan fingerprint density at radius 3 is 1.76 bits per heavy atom. The van der Waals surface area contributed by atoms with Crippen LogP contribution in [0.2, 0.25) is 0 Å². The van der Waals surface area contributed by atoms with Crippen LogP contribution in [-0.4, -0.2) is 63.1 Å². The molecule has 1 aliphatic heterocycles. The number of hydrogen-bond donors (Lipinski definition) is 4. The Labute approximate surface area is 162 Å². The van der Waals surface area contributed by atoms with Crippen molar-refractivity contribution >= 4 is 11.8 Å². The maximum absolute atomic E-state index is 9.38. The van der Waals surface area contributed by atoms with E-state index in [0.29, 0.717) is 0 Å². The van der Waals surface area contributed by atoms with Gasteiger partial charge in [-0.05, 0) is 6.26 Å². The Balaban J connectivity index is -0.000000211. The van der Waals surface area contributed by atoms with Crippen molar-refractivity contribution in [1.82, 2.24) is 0 Å². The SMILES string of the molecule is CSC1OC(CO)C(O)C(O)C1O.[W].[W].[W].[W]. The topological polar surface area (TPSA) is 90.2 Å². The zero-order valence-electron chi connectivity index (χ0n) is 8.83. The quantitative estimate of drug-likeness (QED) is 0.260. The third-order valence-corrected chi connectivity index (χ3v) is 2.94. The Morgan fingerprint density at radius 1 is 0.941 bits per heavy atom. The summed E-state index contributed by atoms with van der Waals surface area (Å²) in [5, 5.41) is 36.8. The minimum atomic E-state index is -1.26. The fourth-order valence-corrected chi connectivity index (χ4v) is 1.96. The maximum Gasteiger partial charge on any atom is 0.132 e. The molecule has 1 heterocycles. The van der Waals surface area contributed by atoms with Gasteiger partial charge in [0, 0.05) is 84.3 Å². The molecule has 1 rings (SSSR count). The van der Waals surface area contributed by atoms with E-state index in [-0.39, 0.29) is 90.9 Å². The summed E-state index contributed by atoms with van der Waals surface area (Å²) in [6.45, 7) is -0.373. The van der Waals surface area contributed by atoms with Crippen LogP contribution < -0.4 is 0 Å². The molecule has 0 aromatic heterocycles. The van der Waals surface area contributed by atoms with E-state index in [0.717, 1.165) is 0 Å². The standard InChI is InChI=1S/C7H14O5S.4W/c1-13-7-6(11)5(10)4(9)3(2-8)12-7;;;;/h3-11H,2H2,1H3;;;;. The molecule has 1 fully saturated rings. The summed E-state index contributed by atoms with van der Waals surface area (Å²) in [7, 11) is 0. The molecular weight excluding hydrogens is 931 g/mol. The van der Waals surface area contributed by atoms with Crippen LogP contribution in [0.25, 0.3) is 0 Å². The Morgan fingerprint density at radius 2 is 1.41 bits per heavy atom. The number of thioether (sulfide) groups is 1. The minimum Gasteiger partial charge on any atom is -0.394 e. The van der Waals surface area contributed by atoms with Gasteiger partial charge in [0.1, 0.15) is 29.9 Å². The van der Waals surface area contributed by atoms with Gasteiger partial charge < -0.3 is 25.2 Å². The first-order valence-corrected chi connectivity index (χ1v) is 5.24. The fraction of sp³-hybridized carbons (Fsp3) is 1.00. The van der Waals surface area contributed by atoms with E-state index in [1.54, 1.807) is 6.26 Å². The van der Waals surface area contributed by atoms with Gasteiger partial charge >= 0.3 is 0 Å². The number of aliphatic hydroxyl groups is 4. The van der Waals surface area contributed by atoms with Crippen molar-refractivity contribution in [2.45, 2.75) is 29.9 Å². The van der Waals surface area contributed by atoms with Crippen molar-refractivity contribution < 1.29 is 109 Å². The van der Waals surface area contributed by atoms with Crippen molar-refractivity contribution in [3.8, 4) is 0 Å². The normalized spacial score (nSPS) is 35.5. The molecule has 0 amide bonds. The molecule has 5 nitrogen and oxygen atoms in total. The Kier molecular flexibility index (Phi) is 22.9. The predicted octanol–water partition coefficient (Wildman–Crippen LogP) is -1.86. The van der Waals surface area contributed by atoms with Crippen LogP contribution in [0, 0.1) is 0 Å². The molecule has 0 aromatic carbocycles. The van der Waals surface area contributed by atoms with E-state index in [1.807, 2.05) is 0 Å². The number of rotatable bonds is 2. The summed E-state index contributed by atoms with van der Waals surface area (Å²) in [5.74, 6) is 0. The van der Waals surface area contributed by atoms with Crippen LogP contribution in [0.1, 0.15) is 0 Å². The summed E-state index contributed by atoms with van der Waals surface area (Å²) >= 11 is 1.22. The van der Waals surface area contributed by atoms with Gasteiger partial charge in [0.2, 0.25) is 0 Å². The van der Waals surface area contributed by atoms with E-state index in [1.165, 1.54) is 11.8 Å². The zero-order valence-corrected chi connectivity index (χ0v) is 21.4. The first-order chi connectivity index (χ1) is 6.11. The molecule has 0 saturated carbocycles. The molecular formula is C7H14O5SW4. The minimum absolute atomic E-state index is 0. The average molecular weight is 946 g/mol. The van der Waals surface area contributed by atoms with Crippen LogP contribution in [0.5, 0.6) is 0 Å². The summed E-state index contributed by atoms with van der Waals surface area (Å²) in [4.78, 5) is 0. The molecule has 1 aliphatic rings. The molecule has 0 bridgehead atoms. The third-order valence-electron chi connectivity index (χ3n) is 2.08. The Hall–Kier alpha value is 2.90. The monoisotopic (exact) mass is 946 g/mol. The molecule has 1 saturated heterocycles. The van der Waals surface area contributed by atoms with Gasteiger partial charge in [0.25, 0.3) is 0 Å². The molecule has 17 heavy (non-hydrogen) atoms.